The van der Waals surface area contributed by atoms with Crippen molar-refractivity contribution in [3.05, 3.63) is 58.1 Å². The van der Waals surface area contributed by atoms with Crippen LogP contribution in [0.3, 0.4) is 0 Å². The van der Waals surface area contributed by atoms with Crippen LogP contribution in [0.1, 0.15) is 28.8 Å². The minimum atomic E-state index is -3.87. The number of halogens is 1. The Balaban J connectivity index is 1.57. The molecular weight excluding hydrogens is 458 g/mol. The van der Waals surface area contributed by atoms with Crippen LogP contribution < -0.4 is 15.2 Å². The van der Waals surface area contributed by atoms with Gasteiger partial charge in [-0.3, -0.25) is 9.69 Å². The molecule has 1 amide bonds. The van der Waals surface area contributed by atoms with Crippen LogP contribution in [0.2, 0.25) is 0 Å². The van der Waals surface area contributed by atoms with Crippen molar-refractivity contribution in [2.45, 2.75) is 30.3 Å². The first kappa shape index (κ1) is 21.8. The van der Waals surface area contributed by atoms with Crippen LogP contribution in [-0.2, 0) is 16.6 Å². The Hall–Kier alpha value is -1.94. The average molecular weight is 482 g/mol. The van der Waals surface area contributed by atoms with Gasteiger partial charge in [-0.05, 0) is 64.7 Å². The molecule has 1 aliphatic heterocycles. The maximum absolute atomic E-state index is 12.7. The predicted octanol–water partition coefficient (Wildman–Crippen LogP) is 2.50. The number of amides is 1. The Kier molecular flexibility index (Phi) is 6.94. The van der Waals surface area contributed by atoms with Crippen LogP contribution in [0.5, 0.6) is 5.75 Å². The second-order valence-corrected chi connectivity index (χ2v) is 9.48. The van der Waals surface area contributed by atoms with E-state index >= 15 is 0 Å². The van der Waals surface area contributed by atoms with Gasteiger partial charge < -0.3 is 10.1 Å². The molecule has 1 aliphatic rings. The number of carbonyl (C=O) groups is 1. The maximum Gasteiger partial charge on any atom is 0.252 e. The number of methoxy groups -OCH3 is 1. The maximum atomic E-state index is 12.7. The number of benzene rings is 2. The number of ether oxygens (including phenoxy) is 1. The van der Waals surface area contributed by atoms with E-state index in [1.807, 2.05) is 18.2 Å². The van der Waals surface area contributed by atoms with Crippen molar-refractivity contribution in [3.63, 3.8) is 0 Å². The number of likely N-dealkylation sites (tertiary alicyclic amines) is 1. The van der Waals surface area contributed by atoms with Gasteiger partial charge in [-0.1, -0.05) is 12.1 Å². The highest BCUT2D eigenvalue weighted by Gasteiger charge is 2.23. The number of carbonyl (C=O) groups excluding carboxylic acids is 1. The molecule has 1 fully saturated rings. The third kappa shape index (κ3) is 5.79. The number of sulfonamides is 1. The lowest BCUT2D eigenvalue weighted by Gasteiger charge is -2.32. The molecular formula is C20H24BrN3O4S. The zero-order valence-corrected chi connectivity index (χ0v) is 18.5. The highest BCUT2D eigenvalue weighted by Crippen LogP contribution is 2.22. The molecule has 0 radical (unpaired) electrons. The predicted molar refractivity (Wildman–Crippen MR) is 114 cm³/mol. The van der Waals surface area contributed by atoms with Gasteiger partial charge in [-0.15, -0.1) is 0 Å². The van der Waals surface area contributed by atoms with Crippen molar-refractivity contribution in [1.29, 1.82) is 0 Å². The molecule has 2 aromatic rings. The fraction of sp³-hybridized carbons (Fsp3) is 0.350. The second kappa shape index (κ2) is 9.25. The zero-order chi connectivity index (χ0) is 21.0. The summed E-state index contributed by atoms with van der Waals surface area (Å²) < 4.78 is 28.9. The minimum Gasteiger partial charge on any atom is -0.497 e. The smallest absolute Gasteiger partial charge is 0.252 e. The Labute approximate surface area is 179 Å². The molecule has 2 aromatic carbocycles. The van der Waals surface area contributed by atoms with Crippen LogP contribution in [0.25, 0.3) is 0 Å². The molecule has 156 valence electrons. The number of hydrogen-bond donors (Lipinski definition) is 2. The summed E-state index contributed by atoms with van der Waals surface area (Å²) in [5.41, 5.74) is 1.45. The Morgan fingerprint density at radius 2 is 1.97 bits per heavy atom. The van der Waals surface area contributed by atoms with Crippen molar-refractivity contribution < 1.29 is 17.9 Å². The number of rotatable bonds is 6. The van der Waals surface area contributed by atoms with E-state index in [9.17, 15) is 13.2 Å². The standard InChI is InChI=1S/C20H24BrN3O4S/c1-28-16-4-2-3-14(11-16)13-24-9-7-15(8-10-24)23-20(25)18-12-17(29(22,26)27)5-6-19(18)21/h2-6,11-12,15H,7-10,13H2,1H3,(H,23,25)(H2,22,26,27). The van der Waals surface area contributed by atoms with Gasteiger partial charge in [0.25, 0.3) is 5.91 Å². The fourth-order valence-corrected chi connectivity index (χ4v) is 4.35. The molecule has 9 heteroatoms. The largest absolute Gasteiger partial charge is 0.497 e. The molecule has 0 aromatic heterocycles. The van der Waals surface area contributed by atoms with Gasteiger partial charge in [-0.25, -0.2) is 13.6 Å². The van der Waals surface area contributed by atoms with Gasteiger partial charge in [0.05, 0.1) is 17.6 Å². The SMILES string of the molecule is COc1cccc(CN2CCC(NC(=O)c3cc(S(N)(=O)=O)ccc3Br)CC2)c1. The van der Waals surface area contributed by atoms with E-state index in [0.717, 1.165) is 38.2 Å². The fourth-order valence-electron chi connectivity index (χ4n) is 3.38. The van der Waals surface area contributed by atoms with Crippen molar-refractivity contribution in [2.75, 3.05) is 20.2 Å². The van der Waals surface area contributed by atoms with E-state index in [1.165, 1.54) is 23.8 Å². The summed E-state index contributed by atoms with van der Waals surface area (Å²) in [5.74, 6) is 0.533. The molecule has 3 N–H and O–H groups in total. The topological polar surface area (TPSA) is 102 Å². The first-order valence-electron chi connectivity index (χ1n) is 9.25. The molecule has 0 unspecified atom stereocenters. The first-order valence-corrected chi connectivity index (χ1v) is 11.6. The highest BCUT2D eigenvalue weighted by molar-refractivity contribution is 9.10. The molecule has 0 spiro atoms. The summed E-state index contributed by atoms with van der Waals surface area (Å²) in [7, 11) is -2.21. The molecule has 3 rings (SSSR count). The zero-order valence-electron chi connectivity index (χ0n) is 16.1. The Morgan fingerprint density at radius 3 is 2.62 bits per heavy atom. The normalized spacial score (nSPS) is 15.8. The van der Waals surface area contributed by atoms with Gasteiger partial charge in [0.1, 0.15) is 5.75 Å². The van der Waals surface area contributed by atoms with E-state index in [1.54, 1.807) is 7.11 Å². The van der Waals surface area contributed by atoms with E-state index in [2.05, 4.69) is 32.2 Å². The van der Waals surface area contributed by atoms with Crippen molar-refractivity contribution in [2.24, 2.45) is 5.14 Å². The number of nitrogens with one attached hydrogen (secondary N) is 1. The lowest BCUT2D eigenvalue weighted by Crippen LogP contribution is -2.44. The lowest BCUT2D eigenvalue weighted by molar-refractivity contribution is 0.0908. The molecule has 0 saturated carbocycles. The number of hydrogen-bond acceptors (Lipinski definition) is 5. The minimum absolute atomic E-state index is 0.0362. The van der Waals surface area contributed by atoms with Crippen LogP contribution in [-0.4, -0.2) is 45.5 Å². The van der Waals surface area contributed by atoms with Crippen molar-refractivity contribution >= 4 is 31.9 Å². The van der Waals surface area contributed by atoms with Gasteiger partial charge in [-0.2, -0.15) is 0 Å². The highest BCUT2D eigenvalue weighted by atomic mass is 79.9. The quantitative estimate of drug-likeness (QED) is 0.659. The summed E-state index contributed by atoms with van der Waals surface area (Å²) in [4.78, 5) is 14.9. The van der Waals surface area contributed by atoms with Gasteiger partial charge >= 0.3 is 0 Å². The molecule has 7 nitrogen and oxygen atoms in total. The monoisotopic (exact) mass is 481 g/mol. The van der Waals surface area contributed by atoms with Gasteiger partial charge in [0.2, 0.25) is 10.0 Å². The van der Waals surface area contributed by atoms with Crippen LogP contribution in [0, 0.1) is 0 Å². The molecule has 29 heavy (non-hydrogen) atoms. The van der Waals surface area contributed by atoms with Crippen LogP contribution >= 0.6 is 15.9 Å². The number of nitrogens with zero attached hydrogens (tertiary/aromatic N) is 1. The Bertz CT molecular complexity index is 989. The summed E-state index contributed by atoms with van der Waals surface area (Å²) in [6.07, 6.45) is 1.64. The first-order chi connectivity index (χ1) is 13.8. The Morgan fingerprint density at radius 1 is 1.24 bits per heavy atom. The molecule has 0 bridgehead atoms. The number of piperidine rings is 1. The average Bonchev–Trinajstić information content (AvgIpc) is 2.69. The molecule has 0 aliphatic carbocycles. The van der Waals surface area contributed by atoms with E-state index in [4.69, 9.17) is 9.88 Å². The van der Waals surface area contributed by atoms with Crippen LogP contribution in [0.15, 0.2) is 51.8 Å². The van der Waals surface area contributed by atoms with Crippen molar-refractivity contribution in [1.82, 2.24) is 10.2 Å². The lowest BCUT2D eigenvalue weighted by atomic mass is 10.0. The summed E-state index contributed by atoms with van der Waals surface area (Å²) in [6.45, 7) is 2.56. The van der Waals surface area contributed by atoms with Crippen LogP contribution in [0.4, 0.5) is 0 Å². The van der Waals surface area contributed by atoms with E-state index in [-0.39, 0.29) is 22.4 Å². The summed E-state index contributed by atoms with van der Waals surface area (Å²) in [5, 5.41) is 8.17. The molecule has 1 heterocycles. The van der Waals surface area contributed by atoms with E-state index < -0.39 is 10.0 Å². The third-order valence-corrected chi connectivity index (χ3v) is 6.58. The summed E-state index contributed by atoms with van der Waals surface area (Å²) in [6, 6.07) is 12.2. The third-order valence-electron chi connectivity index (χ3n) is 4.97. The van der Waals surface area contributed by atoms with E-state index in [0.29, 0.717) is 4.47 Å². The molecule has 1 saturated heterocycles. The van der Waals surface area contributed by atoms with Crippen molar-refractivity contribution in [3.8, 4) is 5.75 Å². The van der Waals surface area contributed by atoms with Gasteiger partial charge in [0.15, 0.2) is 0 Å². The number of primary sulfonamides is 1. The molecule has 0 atom stereocenters. The number of nitrogens with two attached hydrogens (primary N) is 1. The second-order valence-electron chi connectivity index (χ2n) is 7.06. The summed E-state index contributed by atoms with van der Waals surface area (Å²) >= 11 is 3.31. The van der Waals surface area contributed by atoms with Gasteiger partial charge in [0, 0.05) is 30.1 Å².